The van der Waals surface area contributed by atoms with E-state index in [0.717, 1.165) is 0 Å². The third-order valence-electron chi connectivity index (χ3n) is 1.42. The third kappa shape index (κ3) is 8.14. The predicted octanol–water partition coefficient (Wildman–Crippen LogP) is 2.08. The van der Waals surface area contributed by atoms with Crippen LogP contribution in [0, 0.1) is 17.2 Å². The molecule has 0 N–H and O–H groups in total. The molecule has 0 fully saturated rings. The fourth-order valence-corrected chi connectivity index (χ4v) is 2.33. The summed E-state index contributed by atoms with van der Waals surface area (Å²) in [7, 11) is 0. The Kier molecular flexibility index (Phi) is 7.63. The average molecular weight is 231 g/mol. The molecule has 0 aromatic carbocycles. The number of hydrogen-bond donors (Lipinski definition) is 0. The molecule has 0 saturated heterocycles. The molecule has 0 saturated carbocycles. The Morgan fingerprint density at radius 3 is 1.93 bits per heavy atom. The minimum atomic E-state index is 0.0563. The number of nitriles is 1. The quantitative estimate of drug-likeness (QED) is 0.725. The monoisotopic (exact) mass is 231 g/mol. The van der Waals surface area contributed by atoms with Crippen LogP contribution in [-0.4, -0.2) is 21.7 Å². The Labute approximate surface area is 92.6 Å². The van der Waals surface area contributed by atoms with Crippen LogP contribution in [-0.2, 0) is 9.59 Å². The van der Waals surface area contributed by atoms with Gasteiger partial charge in [0.15, 0.2) is 10.2 Å². The van der Waals surface area contributed by atoms with E-state index in [1.165, 1.54) is 37.4 Å². The molecular formula is C9H13NO2S2. The van der Waals surface area contributed by atoms with Crippen molar-refractivity contribution >= 4 is 33.8 Å². The van der Waals surface area contributed by atoms with Crippen molar-refractivity contribution in [3.63, 3.8) is 0 Å². The van der Waals surface area contributed by atoms with Crippen molar-refractivity contribution in [2.75, 3.05) is 11.5 Å². The second-order valence-corrected chi connectivity index (χ2v) is 5.23. The first-order valence-electron chi connectivity index (χ1n) is 4.20. The molecule has 3 nitrogen and oxygen atoms in total. The molecule has 0 aromatic heterocycles. The SMILES string of the molecule is CC(=O)SCC(CC#N)CSC(C)=O. The van der Waals surface area contributed by atoms with Crippen LogP contribution in [0.3, 0.4) is 0 Å². The summed E-state index contributed by atoms with van der Waals surface area (Å²) in [6.45, 7) is 3.01. The molecule has 0 aromatic rings. The van der Waals surface area contributed by atoms with E-state index in [-0.39, 0.29) is 16.1 Å². The van der Waals surface area contributed by atoms with Crippen molar-refractivity contribution in [2.45, 2.75) is 20.3 Å². The molecule has 0 aliphatic heterocycles. The van der Waals surface area contributed by atoms with Gasteiger partial charge in [-0.1, -0.05) is 23.5 Å². The summed E-state index contributed by atoms with van der Waals surface area (Å²) >= 11 is 2.43. The first-order valence-corrected chi connectivity index (χ1v) is 6.17. The lowest BCUT2D eigenvalue weighted by Crippen LogP contribution is -2.08. The minimum absolute atomic E-state index is 0.0563. The highest BCUT2D eigenvalue weighted by molar-refractivity contribution is 8.14. The first-order chi connectivity index (χ1) is 6.56. The zero-order chi connectivity index (χ0) is 11.0. The van der Waals surface area contributed by atoms with Crippen LogP contribution >= 0.6 is 23.5 Å². The van der Waals surface area contributed by atoms with Crippen molar-refractivity contribution in [1.82, 2.24) is 0 Å². The van der Waals surface area contributed by atoms with E-state index in [1.54, 1.807) is 0 Å². The highest BCUT2D eigenvalue weighted by Gasteiger charge is 2.11. The van der Waals surface area contributed by atoms with Gasteiger partial charge in [-0.2, -0.15) is 5.26 Å². The fourth-order valence-electron chi connectivity index (χ4n) is 0.765. The largest absolute Gasteiger partial charge is 0.288 e. The molecule has 5 heteroatoms. The maximum absolute atomic E-state index is 10.7. The highest BCUT2D eigenvalue weighted by Crippen LogP contribution is 2.18. The number of rotatable bonds is 5. The van der Waals surface area contributed by atoms with E-state index in [9.17, 15) is 9.59 Å². The first kappa shape index (κ1) is 13.5. The molecule has 0 unspecified atom stereocenters. The Hall–Kier alpha value is -0.470. The summed E-state index contributed by atoms with van der Waals surface area (Å²) in [5.41, 5.74) is 0. The molecule has 0 aliphatic carbocycles. The normalized spacial score (nSPS) is 9.86. The van der Waals surface area contributed by atoms with Gasteiger partial charge in [-0.05, 0) is 5.92 Å². The summed E-state index contributed by atoms with van der Waals surface area (Å²) in [6, 6.07) is 2.07. The van der Waals surface area contributed by atoms with Crippen LogP contribution in [0.1, 0.15) is 20.3 Å². The van der Waals surface area contributed by atoms with E-state index < -0.39 is 0 Å². The minimum Gasteiger partial charge on any atom is -0.288 e. The Morgan fingerprint density at radius 1 is 1.21 bits per heavy atom. The predicted molar refractivity (Wildman–Crippen MR) is 60.0 cm³/mol. The lowest BCUT2D eigenvalue weighted by atomic mass is 10.1. The molecule has 0 radical (unpaired) electrons. The van der Waals surface area contributed by atoms with E-state index in [0.29, 0.717) is 17.9 Å². The maximum Gasteiger partial charge on any atom is 0.185 e. The molecule has 0 bridgehead atoms. The molecule has 78 valence electrons. The smallest absolute Gasteiger partial charge is 0.185 e. The third-order valence-corrected chi connectivity index (χ3v) is 3.51. The Bertz CT molecular complexity index is 230. The van der Waals surface area contributed by atoms with Crippen LogP contribution in [0.4, 0.5) is 0 Å². The van der Waals surface area contributed by atoms with Crippen molar-refractivity contribution in [2.24, 2.45) is 5.92 Å². The molecule has 0 amide bonds. The highest BCUT2D eigenvalue weighted by atomic mass is 32.2. The number of carbonyl (C=O) groups excluding carboxylic acids is 2. The van der Waals surface area contributed by atoms with Crippen LogP contribution < -0.4 is 0 Å². The fraction of sp³-hybridized carbons (Fsp3) is 0.667. The van der Waals surface area contributed by atoms with Gasteiger partial charge in [0.25, 0.3) is 0 Å². The number of nitrogens with zero attached hydrogens (tertiary/aromatic N) is 1. The second-order valence-electron chi connectivity index (χ2n) is 2.83. The van der Waals surface area contributed by atoms with Crippen LogP contribution in [0.5, 0.6) is 0 Å². The molecular weight excluding hydrogens is 218 g/mol. The standard InChI is InChI=1S/C9H13NO2S2/c1-7(11)13-5-9(3-4-10)6-14-8(2)12/h9H,3,5-6H2,1-2H3. The summed E-state index contributed by atoms with van der Waals surface area (Å²) < 4.78 is 0. The van der Waals surface area contributed by atoms with Gasteiger partial charge in [0.05, 0.1) is 6.07 Å². The van der Waals surface area contributed by atoms with Crippen LogP contribution in [0.15, 0.2) is 0 Å². The summed E-state index contributed by atoms with van der Waals surface area (Å²) in [4.78, 5) is 21.4. The summed E-state index contributed by atoms with van der Waals surface area (Å²) in [5, 5.41) is 8.64. The number of hydrogen-bond acceptors (Lipinski definition) is 5. The summed E-state index contributed by atoms with van der Waals surface area (Å²) in [6.07, 6.45) is 0.403. The molecule has 0 aliphatic rings. The van der Waals surface area contributed by atoms with Crippen molar-refractivity contribution < 1.29 is 9.59 Å². The molecule has 14 heavy (non-hydrogen) atoms. The van der Waals surface area contributed by atoms with Gasteiger partial charge in [0, 0.05) is 31.8 Å². The van der Waals surface area contributed by atoms with E-state index in [4.69, 9.17) is 5.26 Å². The van der Waals surface area contributed by atoms with Crippen molar-refractivity contribution in [3.05, 3.63) is 0 Å². The lowest BCUT2D eigenvalue weighted by Gasteiger charge is -2.09. The number of carbonyl (C=O) groups is 2. The molecule has 0 spiro atoms. The van der Waals surface area contributed by atoms with E-state index in [2.05, 4.69) is 6.07 Å². The number of thioether (sulfide) groups is 2. The van der Waals surface area contributed by atoms with E-state index in [1.807, 2.05) is 0 Å². The van der Waals surface area contributed by atoms with Gasteiger partial charge in [-0.15, -0.1) is 0 Å². The molecule has 0 rings (SSSR count). The average Bonchev–Trinajstić information content (AvgIpc) is 2.09. The van der Waals surface area contributed by atoms with Gasteiger partial charge in [-0.3, -0.25) is 9.59 Å². The van der Waals surface area contributed by atoms with Gasteiger partial charge < -0.3 is 0 Å². The van der Waals surface area contributed by atoms with Crippen LogP contribution in [0.25, 0.3) is 0 Å². The maximum atomic E-state index is 10.7. The van der Waals surface area contributed by atoms with Gasteiger partial charge >= 0.3 is 0 Å². The zero-order valence-corrected chi connectivity index (χ0v) is 9.91. The van der Waals surface area contributed by atoms with Crippen molar-refractivity contribution in [1.29, 1.82) is 5.26 Å². The zero-order valence-electron chi connectivity index (χ0n) is 8.28. The van der Waals surface area contributed by atoms with Crippen molar-refractivity contribution in [3.8, 4) is 6.07 Å². The molecule has 0 atom stereocenters. The second kappa shape index (κ2) is 7.89. The van der Waals surface area contributed by atoms with E-state index >= 15 is 0 Å². The topological polar surface area (TPSA) is 57.9 Å². The van der Waals surface area contributed by atoms with Gasteiger partial charge in [-0.25, -0.2) is 0 Å². The van der Waals surface area contributed by atoms with Gasteiger partial charge in [0.2, 0.25) is 0 Å². The Morgan fingerprint density at radius 2 is 1.64 bits per heavy atom. The summed E-state index contributed by atoms with van der Waals surface area (Å²) in [5.74, 6) is 1.38. The Balaban J connectivity index is 3.83. The van der Waals surface area contributed by atoms with Crippen LogP contribution in [0.2, 0.25) is 0 Å². The lowest BCUT2D eigenvalue weighted by molar-refractivity contribution is -0.109. The molecule has 0 heterocycles. The van der Waals surface area contributed by atoms with Gasteiger partial charge in [0.1, 0.15) is 0 Å².